The number of nitrogens with one attached hydrogen (secondary N) is 1. The summed E-state index contributed by atoms with van der Waals surface area (Å²) in [7, 11) is 0. The highest BCUT2D eigenvalue weighted by molar-refractivity contribution is 5.21. The number of aromatic nitrogens is 1. The van der Waals surface area contributed by atoms with Crippen LogP contribution in [0.25, 0.3) is 0 Å². The first kappa shape index (κ1) is 9.82. The second-order valence-electron chi connectivity index (χ2n) is 2.91. The van der Waals surface area contributed by atoms with E-state index in [0.29, 0.717) is 0 Å². The molecule has 0 aromatic carbocycles. The van der Waals surface area contributed by atoms with Crippen LogP contribution in [0.4, 0.5) is 0 Å². The fraction of sp³-hybridized carbons (Fsp3) is 0.500. The Morgan fingerprint density at radius 1 is 1.62 bits per heavy atom. The van der Waals surface area contributed by atoms with Crippen molar-refractivity contribution >= 4 is 0 Å². The molecule has 1 rings (SSSR count). The summed E-state index contributed by atoms with van der Waals surface area (Å²) in [6, 6.07) is 5.91. The number of rotatable bonds is 5. The van der Waals surface area contributed by atoms with E-state index in [4.69, 9.17) is 5.26 Å². The molecule has 0 unspecified atom stereocenters. The zero-order chi connectivity index (χ0) is 9.52. The van der Waals surface area contributed by atoms with Crippen molar-refractivity contribution in [1.82, 2.24) is 9.88 Å². The van der Waals surface area contributed by atoms with Crippen LogP contribution < -0.4 is 5.32 Å². The molecule has 3 nitrogen and oxygen atoms in total. The monoisotopic (exact) mass is 177 g/mol. The maximum atomic E-state index is 8.72. The molecule has 1 heterocycles. The summed E-state index contributed by atoms with van der Waals surface area (Å²) in [5.74, 6) is 0. The molecule has 0 saturated heterocycles. The van der Waals surface area contributed by atoms with Crippen molar-refractivity contribution in [1.29, 1.82) is 5.26 Å². The van der Waals surface area contributed by atoms with Gasteiger partial charge >= 0.3 is 0 Å². The van der Waals surface area contributed by atoms with Crippen molar-refractivity contribution < 1.29 is 0 Å². The lowest BCUT2D eigenvalue weighted by Crippen LogP contribution is -2.16. The largest absolute Gasteiger partial charge is 0.339 e. The normalized spacial score (nSPS) is 9.85. The topological polar surface area (TPSA) is 40.8 Å². The lowest BCUT2D eigenvalue weighted by molar-refractivity contribution is 0.591. The van der Waals surface area contributed by atoms with Crippen molar-refractivity contribution in [2.75, 3.05) is 13.1 Å². The SMILES string of the molecule is CCNCCCn1cccc1C#N. The van der Waals surface area contributed by atoms with Crippen LogP contribution in [0.5, 0.6) is 0 Å². The van der Waals surface area contributed by atoms with Crippen LogP contribution in [0.2, 0.25) is 0 Å². The molecule has 3 heteroatoms. The van der Waals surface area contributed by atoms with Gasteiger partial charge in [-0.25, -0.2) is 0 Å². The highest BCUT2D eigenvalue weighted by Crippen LogP contribution is 2.00. The van der Waals surface area contributed by atoms with Gasteiger partial charge in [-0.15, -0.1) is 0 Å². The Bertz CT molecular complexity index is 283. The molecule has 1 aromatic heterocycles. The van der Waals surface area contributed by atoms with Crippen molar-refractivity contribution in [2.24, 2.45) is 0 Å². The Morgan fingerprint density at radius 3 is 3.15 bits per heavy atom. The van der Waals surface area contributed by atoms with Crippen LogP contribution in [-0.2, 0) is 6.54 Å². The molecular weight excluding hydrogens is 162 g/mol. The molecule has 0 bridgehead atoms. The molecule has 70 valence electrons. The first-order valence-electron chi connectivity index (χ1n) is 4.64. The zero-order valence-electron chi connectivity index (χ0n) is 7.95. The summed E-state index contributed by atoms with van der Waals surface area (Å²) >= 11 is 0. The van der Waals surface area contributed by atoms with Gasteiger partial charge in [0.15, 0.2) is 0 Å². The Morgan fingerprint density at radius 2 is 2.46 bits per heavy atom. The zero-order valence-corrected chi connectivity index (χ0v) is 7.95. The Labute approximate surface area is 79.0 Å². The lowest BCUT2D eigenvalue weighted by atomic mass is 10.4. The predicted octanol–water partition coefficient (Wildman–Crippen LogP) is 1.36. The molecule has 0 aliphatic carbocycles. The number of hydrogen-bond acceptors (Lipinski definition) is 2. The third-order valence-electron chi connectivity index (χ3n) is 1.95. The molecule has 0 amide bonds. The number of nitrogens with zero attached hydrogens (tertiary/aromatic N) is 2. The molecule has 0 radical (unpaired) electrons. The van der Waals surface area contributed by atoms with E-state index in [2.05, 4.69) is 18.3 Å². The predicted molar refractivity (Wildman–Crippen MR) is 52.3 cm³/mol. The van der Waals surface area contributed by atoms with Crippen LogP contribution in [0.1, 0.15) is 19.0 Å². The third-order valence-corrected chi connectivity index (χ3v) is 1.95. The van der Waals surface area contributed by atoms with E-state index in [9.17, 15) is 0 Å². The Hall–Kier alpha value is -1.27. The molecule has 0 atom stereocenters. The minimum atomic E-state index is 0.747. The maximum Gasteiger partial charge on any atom is 0.120 e. The van der Waals surface area contributed by atoms with Crippen LogP contribution in [0, 0.1) is 11.3 Å². The van der Waals surface area contributed by atoms with E-state index in [-0.39, 0.29) is 0 Å². The van der Waals surface area contributed by atoms with Crippen molar-refractivity contribution in [3.05, 3.63) is 24.0 Å². The van der Waals surface area contributed by atoms with Crippen molar-refractivity contribution in [3.63, 3.8) is 0 Å². The van der Waals surface area contributed by atoms with Crippen molar-refractivity contribution in [3.8, 4) is 6.07 Å². The van der Waals surface area contributed by atoms with E-state index in [0.717, 1.165) is 31.7 Å². The molecule has 1 aromatic rings. The first-order valence-corrected chi connectivity index (χ1v) is 4.64. The van der Waals surface area contributed by atoms with E-state index in [1.54, 1.807) is 0 Å². The van der Waals surface area contributed by atoms with Gasteiger partial charge in [-0.3, -0.25) is 0 Å². The van der Waals surface area contributed by atoms with Gasteiger partial charge in [0.2, 0.25) is 0 Å². The van der Waals surface area contributed by atoms with E-state index in [1.165, 1.54) is 0 Å². The smallest absolute Gasteiger partial charge is 0.120 e. The molecule has 0 aliphatic rings. The Balaban J connectivity index is 2.33. The molecule has 13 heavy (non-hydrogen) atoms. The minimum Gasteiger partial charge on any atom is -0.339 e. The summed E-state index contributed by atoms with van der Waals surface area (Å²) in [5.41, 5.74) is 0.747. The van der Waals surface area contributed by atoms with Crippen molar-refractivity contribution in [2.45, 2.75) is 19.9 Å². The van der Waals surface area contributed by atoms with Gasteiger partial charge < -0.3 is 9.88 Å². The molecule has 1 N–H and O–H groups in total. The summed E-state index contributed by atoms with van der Waals surface area (Å²) in [4.78, 5) is 0. The summed E-state index contributed by atoms with van der Waals surface area (Å²) in [6.07, 6.45) is 3.02. The van der Waals surface area contributed by atoms with E-state index >= 15 is 0 Å². The highest BCUT2D eigenvalue weighted by Gasteiger charge is 1.97. The van der Waals surface area contributed by atoms with Gasteiger partial charge in [0, 0.05) is 12.7 Å². The summed E-state index contributed by atoms with van der Waals surface area (Å²) in [5, 5.41) is 12.0. The van der Waals surface area contributed by atoms with Gasteiger partial charge in [0.25, 0.3) is 0 Å². The molecule has 0 spiro atoms. The third kappa shape index (κ3) is 2.92. The van der Waals surface area contributed by atoms with E-state index < -0.39 is 0 Å². The van der Waals surface area contributed by atoms with Gasteiger partial charge in [-0.05, 0) is 31.6 Å². The second-order valence-corrected chi connectivity index (χ2v) is 2.91. The van der Waals surface area contributed by atoms with Crippen LogP contribution in [0.3, 0.4) is 0 Å². The van der Waals surface area contributed by atoms with Gasteiger partial charge in [-0.1, -0.05) is 6.92 Å². The Kier molecular flexibility index (Phi) is 4.07. The average molecular weight is 177 g/mol. The fourth-order valence-corrected chi connectivity index (χ4v) is 1.26. The first-order chi connectivity index (χ1) is 6.38. The molecular formula is C10H15N3. The number of hydrogen-bond donors (Lipinski definition) is 1. The molecule has 0 saturated carbocycles. The fourth-order valence-electron chi connectivity index (χ4n) is 1.26. The number of nitriles is 1. The lowest BCUT2D eigenvalue weighted by Gasteiger charge is -2.04. The summed E-state index contributed by atoms with van der Waals surface area (Å²) in [6.45, 7) is 5.04. The van der Waals surface area contributed by atoms with Crippen LogP contribution in [0.15, 0.2) is 18.3 Å². The molecule has 0 aliphatic heterocycles. The number of aryl methyl sites for hydroxylation is 1. The van der Waals surface area contributed by atoms with Crippen LogP contribution in [-0.4, -0.2) is 17.7 Å². The maximum absolute atomic E-state index is 8.72. The average Bonchev–Trinajstić information content (AvgIpc) is 2.60. The standard InChI is InChI=1S/C10H15N3/c1-2-12-6-4-8-13-7-3-5-10(13)9-11/h3,5,7,12H,2,4,6,8H2,1H3. The molecule has 0 fully saturated rings. The minimum absolute atomic E-state index is 0.747. The second kappa shape index (κ2) is 5.39. The van der Waals surface area contributed by atoms with Gasteiger partial charge in [-0.2, -0.15) is 5.26 Å². The van der Waals surface area contributed by atoms with Crippen LogP contribution >= 0.6 is 0 Å². The quantitative estimate of drug-likeness (QED) is 0.690. The highest BCUT2D eigenvalue weighted by atomic mass is 15.0. The van der Waals surface area contributed by atoms with Gasteiger partial charge in [0.05, 0.1) is 0 Å². The van der Waals surface area contributed by atoms with Gasteiger partial charge in [0.1, 0.15) is 11.8 Å². The van der Waals surface area contributed by atoms with E-state index in [1.807, 2.05) is 22.9 Å². The summed E-state index contributed by atoms with van der Waals surface area (Å²) < 4.78 is 1.98.